The molecule has 0 spiro atoms. The van der Waals surface area contributed by atoms with Crippen molar-refractivity contribution < 1.29 is 24.1 Å². The summed E-state index contributed by atoms with van der Waals surface area (Å²) in [5.41, 5.74) is -0.859. The van der Waals surface area contributed by atoms with Crippen LogP contribution in [0.4, 0.5) is 5.69 Å². The number of ether oxygens (including phenoxy) is 3. The molecule has 134 valence electrons. The third kappa shape index (κ3) is 2.66. The molecule has 2 fully saturated rings. The second-order valence-electron chi connectivity index (χ2n) is 6.68. The van der Waals surface area contributed by atoms with Gasteiger partial charge in [0, 0.05) is 5.69 Å². The summed E-state index contributed by atoms with van der Waals surface area (Å²) in [6.07, 6.45) is 0.911. The summed E-state index contributed by atoms with van der Waals surface area (Å²) in [7, 11) is 1.57. The lowest BCUT2D eigenvalue weighted by atomic mass is 9.73. The van der Waals surface area contributed by atoms with Crippen LogP contribution in [0.2, 0.25) is 0 Å². The van der Waals surface area contributed by atoms with Gasteiger partial charge in [-0.25, -0.2) is 0 Å². The highest BCUT2D eigenvalue weighted by molar-refractivity contribution is 6.11. The quantitative estimate of drug-likeness (QED) is 0.653. The molecule has 0 saturated carbocycles. The summed E-state index contributed by atoms with van der Waals surface area (Å²) < 4.78 is 16.7. The zero-order chi connectivity index (χ0) is 18.4. The smallest absolute Gasteiger partial charge is 0.266 e. The summed E-state index contributed by atoms with van der Waals surface area (Å²) in [5.74, 6) is -0.549. The lowest BCUT2D eigenvalue weighted by molar-refractivity contribution is -0.168. The predicted molar refractivity (Wildman–Crippen MR) is 93.5 cm³/mol. The van der Waals surface area contributed by atoms with Gasteiger partial charge in [-0.05, 0) is 43.7 Å². The van der Waals surface area contributed by atoms with Gasteiger partial charge in [-0.2, -0.15) is 0 Å². The Labute approximate surface area is 147 Å². The number of carbonyl (C=O) groups excluding carboxylic acids is 1. The van der Waals surface area contributed by atoms with E-state index in [-0.39, 0.29) is 12.2 Å². The minimum atomic E-state index is -1.75. The molecule has 2 saturated heterocycles. The molecule has 1 amide bonds. The first-order chi connectivity index (χ1) is 11.7. The number of anilines is 1. The van der Waals surface area contributed by atoms with Gasteiger partial charge in [-0.1, -0.05) is 19.2 Å². The van der Waals surface area contributed by atoms with Crippen LogP contribution >= 0.6 is 0 Å². The first-order valence-electron chi connectivity index (χ1n) is 8.08. The normalized spacial score (nSPS) is 30.7. The highest BCUT2D eigenvalue weighted by Crippen LogP contribution is 2.45. The molecule has 0 radical (unpaired) electrons. The number of aliphatic hydroxyl groups is 1. The molecule has 0 unspecified atom stereocenters. The van der Waals surface area contributed by atoms with E-state index in [1.165, 1.54) is 11.0 Å². The molecule has 3 atom stereocenters. The van der Waals surface area contributed by atoms with Crippen molar-refractivity contribution >= 4 is 11.6 Å². The topological polar surface area (TPSA) is 68.2 Å². The molecule has 2 heterocycles. The molecule has 2 aliphatic rings. The van der Waals surface area contributed by atoms with Crippen molar-refractivity contribution in [2.24, 2.45) is 0 Å². The summed E-state index contributed by atoms with van der Waals surface area (Å²) in [5, 5.41) is 11.0. The third-order valence-electron chi connectivity index (χ3n) is 4.72. The Kier molecular flexibility index (Phi) is 4.23. The van der Waals surface area contributed by atoms with Gasteiger partial charge in [0.1, 0.15) is 17.9 Å². The van der Waals surface area contributed by atoms with E-state index in [9.17, 15) is 9.90 Å². The first kappa shape index (κ1) is 17.7. The largest absolute Gasteiger partial charge is 0.497 e. The van der Waals surface area contributed by atoms with Crippen LogP contribution in [0.1, 0.15) is 13.8 Å². The molecule has 0 aliphatic carbocycles. The van der Waals surface area contributed by atoms with Gasteiger partial charge in [-0.15, -0.1) is 0 Å². The molecule has 1 aromatic carbocycles. The number of benzene rings is 1. The molecule has 3 rings (SSSR count). The number of hydrogen-bond acceptors (Lipinski definition) is 5. The van der Waals surface area contributed by atoms with Crippen molar-refractivity contribution in [2.45, 2.75) is 37.4 Å². The van der Waals surface area contributed by atoms with E-state index in [1.54, 1.807) is 45.2 Å². The van der Waals surface area contributed by atoms with Gasteiger partial charge >= 0.3 is 0 Å². The van der Waals surface area contributed by atoms with Crippen molar-refractivity contribution in [3.05, 3.63) is 49.1 Å². The summed E-state index contributed by atoms with van der Waals surface area (Å²) in [6.45, 7) is 11.3. The van der Waals surface area contributed by atoms with Gasteiger partial charge in [0.15, 0.2) is 11.4 Å². The number of methoxy groups -OCH3 is 1. The molecule has 25 heavy (non-hydrogen) atoms. The lowest BCUT2D eigenvalue weighted by Crippen LogP contribution is -2.78. The minimum Gasteiger partial charge on any atom is -0.497 e. The van der Waals surface area contributed by atoms with Gasteiger partial charge in [0.05, 0.1) is 13.7 Å². The van der Waals surface area contributed by atoms with Crippen LogP contribution < -0.4 is 9.64 Å². The Morgan fingerprint density at radius 2 is 2.04 bits per heavy atom. The van der Waals surface area contributed by atoms with Crippen molar-refractivity contribution in [1.29, 1.82) is 0 Å². The lowest BCUT2D eigenvalue weighted by Gasteiger charge is -2.54. The predicted octanol–water partition coefficient (Wildman–Crippen LogP) is 2.04. The van der Waals surface area contributed by atoms with E-state index in [0.717, 1.165) is 0 Å². The van der Waals surface area contributed by atoms with E-state index in [0.29, 0.717) is 11.4 Å². The number of β-lactam (4-membered cyclic amide) rings is 1. The standard InChI is InChI=1S/C19H23NO5/c1-6-12(2)19(22)16(15-11-24-18(3,4)25-15)20(17(19)21)13-7-9-14(23-5)10-8-13/h6-10,15-16,22H,1-2,11H2,3-5H3/t15-,16+,19-/m1/s1. The Morgan fingerprint density at radius 3 is 2.52 bits per heavy atom. The molecule has 0 aromatic heterocycles. The Hall–Kier alpha value is -2.15. The Morgan fingerprint density at radius 1 is 1.40 bits per heavy atom. The molecule has 1 aromatic rings. The van der Waals surface area contributed by atoms with Gasteiger partial charge in [-0.3, -0.25) is 9.69 Å². The van der Waals surface area contributed by atoms with Crippen LogP contribution in [-0.2, 0) is 14.3 Å². The second-order valence-corrected chi connectivity index (χ2v) is 6.68. The van der Waals surface area contributed by atoms with Crippen molar-refractivity contribution in [2.75, 3.05) is 18.6 Å². The van der Waals surface area contributed by atoms with Crippen molar-refractivity contribution in [3.8, 4) is 5.75 Å². The van der Waals surface area contributed by atoms with Crippen LogP contribution in [0, 0.1) is 0 Å². The molecular formula is C19H23NO5. The van der Waals surface area contributed by atoms with Crippen LogP contribution in [0.25, 0.3) is 0 Å². The summed E-state index contributed by atoms with van der Waals surface area (Å²) in [4.78, 5) is 14.3. The number of amides is 1. The number of hydrogen-bond donors (Lipinski definition) is 1. The highest BCUT2D eigenvalue weighted by Gasteiger charge is 2.66. The maximum atomic E-state index is 12.8. The molecular weight excluding hydrogens is 322 g/mol. The summed E-state index contributed by atoms with van der Waals surface area (Å²) in [6, 6.07) is 6.40. The van der Waals surface area contributed by atoms with E-state index in [1.807, 2.05) is 0 Å². The van der Waals surface area contributed by atoms with Crippen LogP contribution in [-0.4, -0.2) is 48.3 Å². The molecule has 6 heteroatoms. The average molecular weight is 345 g/mol. The second kappa shape index (κ2) is 5.98. The first-order valence-corrected chi connectivity index (χ1v) is 8.08. The number of nitrogens with zero attached hydrogens (tertiary/aromatic N) is 1. The van der Waals surface area contributed by atoms with E-state index in [4.69, 9.17) is 14.2 Å². The minimum absolute atomic E-state index is 0.251. The maximum Gasteiger partial charge on any atom is 0.266 e. The SMILES string of the molecule is C=CC(=C)[C@]1(O)C(=O)N(c2ccc(OC)cc2)[C@H]1[C@H]1COC(C)(C)O1. The fourth-order valence-electron chi connectivity index (χ4n) is 3.37. The highest BCUT2D eigenvalue weighted by atomic mass is 16.7. The monoisotopic (exact) mass is 345 g/mol. The van der Waals surface area contributed by atoms with E-state index < -0.39 is 29.4 Å². The molecule has 6 nitrogen and oxygen atoms in total. The fourth-order valence-corrected chi connectivity index (χ4v) is 3.37. The molecule has 2 aliphatic heterocycles. The molecule has 0 bridgehead atoms. The zero-order valence-corrected chi connectivity index (χ0v) is 14.7. The van der Waals surface area contributed by atoms with E-state index >= 15 is 0 Å². The van der Waals surface area contributed by atoms with Gasteiger partial charge < -0.3 is 19.3 Å². The summed E-state index contributed by atoms with van der Waals surface area (Å²) >= 11 is 0. The zero-order valence-electron chi connectivity index (χ0n) is 14.7. The maximum absolute atomic E-state index is 12.8. The average Bonchev–Trinajstić information content (AvgIpc) is 2.96. The Bertz CT molecular complexity index is 711. The van der Waals surface area contributed by atoms with E-state index in [2.05, 4.69) is 13.2 Å². The fraction of sp³-hybridized carbons (Fsp3) is 0.421. The van der Waals surface area contributed by atoms with Crippen LogP contribution in [0.3, 0.4) is 0 Å². The van der Waals surface area contributed by atoms with Crippen LogP contribution in [0.5, 0.6) is 5.75 Å². The van der Waals surface area contributed by atoms with Crippen LogP contribution in [0.15, 0.2) is 49.1 Å². The number of carbonyl (C=O) groups is 1. The number of rotatable bonds is 5. The van der Waals surface area contributed by atoms with Crippen molar-refractivity contribution in [1.82, 2.24) is 0 Å². The molecule has 1 N–H and O–H groups in total. The van der Waals surface area contributed by atoms with Gasteiger partial charge in [0.25, 0.3) is 5.91 Å². The van der Waals surface area contributed by atoms with Crippen molar-refractivity contribution in [3.63, 3.8) is 0 Å². The Balaban J connectivity index is 1.97. The third-order valence-corrected chi connectivity index (χ3v) is 4.72. The van der Waals surface area contributed by atoms with Gasteiger partial charge in [0.2, 0.25) is 0 Å².